The van der Waals surface area contributed by atoms with E-state index in [-0.39, 0.29) is 5.56 Å². The zero-order valence-corrected chi connectivity index (χ0v) is 13.7. The van der Waals surface area contributed by atoms with Crippen LogP contribution in [0.25, 0.3) is 27.1 Å². The highest BCUT2D eigenvalue weighted by molar-refractivity contribution is 7.19. The number of fused-ring (bicyclic) bond motifs is 1. The zero-order chi connectivity index (χ0) is 16.1. The van der Waals surface area contributed by atoms with Crippen molar-refractivity contribution in [1.29, 1.82) is 0 Å². The molecule has 0 spiro atoms. The van der Waals surface area contributed by atoms with Gasteiger partial charge >= 0.3 is 0 Å². The van der Waals surface area contributed by atoms with E-state index in [1.54, 1.807) is 4.68 Å². The zero-order valence-electron chi connectivity index (χ0n) is 12.2. The molecule has 0 unspecified atom stereocenters. The Morgan fingerprint density at radius 1 is 1.17 bits per heavy atom. The van der Waals surface area contributed by atoms with E-state index in [1.807, 2.05) is 20.0 Å². The molecule has 6 nitrogen and oxygen atoms in total. The highest BCUT2D eigenvalue weighted by Gasteiger charge is 2.19. The number of rotatable bonds is 2. The third-order valence-corrected chi connectivity index (χ3v) is 4.54. The quantitative estimate of drug-likeness (QED) is 0.557. The molecule has 4 aromatic rings. The smallest absolute Gasteiger partial charge is 0.235 e. The fraction of sp³-hybridized carbons (Fsp3) is 0.143. The van der Waals surface area contributed by atoms with Gasteiger partial charge in [0, 0.05) is 12.1 Å². The van der Waals surface area contributed by atoms with Crippen molar-refractivity contribution in [2.45, 2.75) is 6.92 Å². The lowest BCUT2D eigenvalue weighted by atomic mass is 10.2. The summed E-state index contributed by atoms with van der Waals surface area (Å²) in [6.45, 7) is 1.91. The van der Waals surface area contributed by atoms with Crippen LogP contribution in [0.3, 0.4) is 0 Å². The van der Waals surface area contributed by atoms with Crippen LogP contribution in [0.2, 0.25) is 5.02 Å². The Labute approximate surface area is 139 Å². The summed E-state index contributed by atoms with van der Waals surface area (Å²) in [5.74, 6) is -0.101. The van der Waals surface area contributed by atoms with Crippen LogP contribution in [0.15, 0.2) is 24.3 Å². The second kappa shape index (κ2) is 5.10. The topological polar surface area (TPSA) is 60.9 Å². The van der Waals surface area contributed by atoms with Gasteiger partial charge in [0.1, 0.15) is 5.82 Å². The summed E-state index contributed by atoms with van der Waals surface area (Å²) in [7, 11) is 1.85. The summed E-state index contributed by atoms with van der Waals surface area (Å²) < 4.78 is 17.4. The maximum absolute atomic E-state index is 14.1. The molecule has 9 heteroatoms. The van der Waals surface area contributed by atoms with E-state index in [9.17, 15) is 4.39 Å². The Balaban J connectivity index is 1.90. The van der Waals surface area contributed by atoms with E-state index >= 15 is 0 Å². The monoisotopic (exact) mass is 348 g/mol. The van der Waals surface area contributed by atoms with Gasteiger partial charge in [-0.25, -0.2) is 4.39 Å². The molecule has 1 aromatic carbocycles. The minimum Gasteiger partial charge on any atom is -0.265 e. The van der Waals surface area contributed by atoms with Crippen molar-refractivity contribution < 1.29 is 4.39 Å². The van der Waals surface area contributed by atoms with Gasteiger partial charge in [-0.2, -0.15) is 14.7 Å². The lowest BCUT2D eigenvalue weighted by Crippen LogP contribution is -1.96. The molecular formula is C14H10ClFN6S. The van der Waals surface area contributed by atoms with Crippen molar-refractivity contribution in [3.63, 3.8) is 0 Å². The van der Waals surface area contributed by atoms with Gasteiger partial charge in [0.15, 0.2) is 10.8 Å². The van der Waals surface area contributed by atoms with Crippen LogP contribution in [0.5, 0.6) is 0 Å². The summed E-state index contributed by atoms with van der Waals surface area (Å²) >= 11 is 7.32. The van der Waals surface area contributed by atoms with Crippen molar-refractivity contribution in [3.05, 3.63) is 40.8 Å². The Bertz CT molecular complexity index is 1030. The minimum absolute atomic E-state index is 0.267. The van der Waals surface area contributed by atoms with Gasteiger partial charge in [-0.1, -0.05) is 22.9 Å². The molecule has 4 rings (SSSR count). The summed E-state index contributed by atoms with van der Waals surface area (Å²) in [4.78, 5) is 0.577. The van der Waals surface area contributed by atoms with Crippen LogP contribution in [-0.4, -0.2) is 29.6 Å². The van der Waals surface area contributed by atoms with Crippen molar-refractivity contribution in [2.24, 2.45) is 7.05 Å². The first-order valence-electron chi connectivity index (χ1n) is 6.71. The van der Waals surface area contributed by atoms with Crippen molar-refractivity contribution in [2.75, 3.05) is 0 Å². The first-order chi connectivity index (χ1) is 11.0. The first-order valence-corrected chi connectivity index (χ1v) is 7.91. The van der Waals surface area contributed by atoms with E-state index < -0.39 is 5.82 Å². The molecule has 23 heavy (non-hydrogen) atoms. The summed E-state index contributed by atoms with van der Waals surface area (Å²) in [6.07, 6.45) is 0. The van der Waals surface area contributed by atoms with Crippen LogP contribution in [0.4, 0.5) is 4.39 Å². The summed E-state index contributed by atoms with van der Waals surface area (Å²) in [5.41, 5.74) is 2.04. The van der Waals surface area contributed by atoms with Gasteiger partial charge in [0.05, 0.1) is 17.0 Å². The van der Waals surface area contributed by atoms with Crippen molar-refractivity contribution >= 4 is 27.9 Å². The maximum Gasteiger partial charge on any atom is 0.235 e. The fourth-order valence-corrected chi connectivity index (χ4v) is 3.43. The van der Waals surface area contributed by atoms with E-state index in [1.165, 1.54) is 34.1 Å². The summed E-state index contributed by atoms with van der Waals surface area (Å²) in [5, 5.41) is 18.1. The second-order valence-corrected chi connectivity index (χ2v) is 6.44. The standard InChI is InChI=1S/C14H10ClFN6S/c1-7-5-11(21(2)19-7)13-20-22-12(17-18-14(22)23-13)9-6-8(15)3-4-10(9)16/h3-6H,1-2H3. The largest absolute Gasteiger partial charge is 0.265 e. The Morgan fingerprint density at radius 2 is 2.00 bits per heavy atom. The molecule has 116 valence electrons. The number of aryl methyl sites for hydroxylation is 2. The normalized spacial score (nSPS) is 11.5. The van der Waals surface area contributed by atoms with Gasteiger partial charge in [-0.05, 0) is 31.2 Å². The minimum atomic E-state index is -0.422. The van der Waals surface area contributed by atoms with Crippen LogP contribution in [-0.2, 0) is 7.05 Å². The molecule has 0 atom stereocenters. The molecule has 0 amide bonds. The maximum atomic E-state index is 14.1. The van der Waals surface area contributed by atoms with E-state index in [0.29, 0.717) is 15.8 Å². The Kier molecular flexibility index (Phi) is 3.17. The van der Waals surface area contributed by atoms with Crippen LogP contribution >= 0.6 is 22.9 Å². The van der Waals surface area contributed by atoms with Crippen molar-refractivity contribution in [1.82, 2.24) is 29.6 Å². The number of aromatic nitrogens is 6. The van der Waals surface area contributed by atoms with Gasteiger partial charge in [0.2, 0.25) is 4.96 Å². The average Bonchev–Trinajstić information content (AvgIpc) is 3.15. The molecular weight excluding hydrogens is 339 g/mol. The van der Waals surface area contributed by atoms with E-state index in [4.69, 9.17) is 11.6 Å². The van der Waals surface area contributed by atoms with Crippen molar-refractivity contribution in [3.8, 4) is 22.1 Å². The molecule has 0 saturated heterocycles. The molecule has 0 aliphatic carbocycles. The number of benzene rings is 1. The Morgan fingerprint density at radius 3 is 2.74 bits per heavy atom. The number of nitrogens with zero attached hydrogens (tertiary/aromatic N) is 6. The predicted octanol–water partition coefficient (Wildman–Crippen LogP) is 3.35. The molecule has 3 heterocycles. The molecule has 0 N–H and O–H groups in total. The lowest BCUT2D eigenvalue weighted by molar-refractivity contribution is 0.629. The lowest BCUT2D eigenvalue weighted by Gasteiger charge is -2.00. The highest BCUT2D eigenvalue weighted by atomic mass is 35.5. The number of hydrogen-bond donors (Lipinski definition) is 0. The third kappa shape index (κ3) is 2.30. The fourth-order valence-electron chi connectivity index (χ4n) is 2.37. The number of halogens is 2. The average molecular weight is 349 g/mol. The molecule has 0 fully saturated rings. The van der Waals surface area contributed by atoms with Crippen LogP contribution in [0, 0.1) is 12.7 Å². The van der Waals surface area contributed by atoms with Gasteiger partial charge in [-0.15, -0.1) is 10.2 Å². The van der Waals surface area contributed by atoms with Crippen LogP contribution < -0.4 is 0 Å². The number of hydrogen-bond acceptors (Lipinski definition) is 5. The molecule has 3 aromatic heterocycles. The molecule has 0 radical (unpaired) electrons. The molecule has 0 aliphatic heterocycles. The molecule has 0 bridgehead atoms. The predicted molar refractivity (Wildman–Crippen MR) is 86.0 cm³/mol. The molecule has 0 aliphatic rings. The van der Waals surface area contributed by atoms with E-state index in [2.05, 4.69) is 20.4 Å². The Hall–Kier alpha value is -2.32. The SMILES string of the molecule is Cc1cc(-c2nn3c(-c4cc(Cl)ccc4F)nnc3s2)n(C)n1. The highest BCUT2D eigenvalue weighted by Crippen LogP contribution is 2.30. The first kappa shape index (κ1) is 14.3. The van der Waals surface area contributed by atoms with Gasteiger partial charge < -0.3 is 0 Å². The van der Waals surface area contributed by atoms with E-state index in [0.717, 1.165) is 16.4 Å². The van der Waals surface area contributed by atoms with Gasteiger partial charge in [0.25, 0.3) is 0 Å². The molecule has 0 saturated carbocycles. The van der Waals surface area contributed by atoms with Gasteiger partial charge in [-0.3, -0.25) is 4.68 Å². The summed E-state index contributed by atoms with van der Waals surface area (Å²) in [6, 6.07) is 6.24. The second-order valence-electron chi connectivity index (χ2n) is 5.04. The third-order valence-electron chi connectivity index (χ3n) is 3.38. The van der Waals surface area contributed by atoms with Crippen LogP contribution in [0.1, 0.15) is 5.69 Å².